The zero-order chi connectivity index (χ0) is 22.7. The van der Waals surface area contributed by atoms with E-state index in [1.165, 1.54) is 24.4 Å². The Labute approximate surface area is 186 Å². The van der Waals surface area contributed by atoms with Crippen molar-refractivity contribution in [2.24, 2.45) is 5.10 Å². The van der Waals surface area contributed by atoms with Gasteiger partial charge in [-0.2, -0.15) is 5.10 Å². The Morgan fingerprint density at radius 1 is 1.06 bits per heavy atom. The Hall–Kier alpha value is -3.43. The van der Waals surface area contributed by atoms with Crippen LogP contribution in [0.3, 0.4) is 0 Å². The SMILES string of the molecule is Nc1cc(C(=O)N/N=C/c2ccc(S(=O)(=O)NC3CCCC3)c3ccccc23)ccc1O. The van der Waals surface area contributed by atoms with Crippen LogP contribution in [0.4, 0.5) is 5.69 Å². The second-order valence-electron chi connectivity index (χ2n) is 7.77. The summed E-state index contributed by atoms with van der Waals surface area (Å²) in [7, 11) is -3.66. The van der Waals surface area contributed by atoms with Crippen LogP contribution in [0.2, 0.25) is 0 Å². The van der Waals surface area contributed by atoms with Gasteiger partial charge in [-0.05, 0) is 42.5 Å². The molecule has 3 aromatic carbocycles. The van der Waals surface area contributed by atoms with Gasteiger partial charge in [-0.25, -0.2) is 18.6 Å². The number of nitrogens with zero attached hydrogens (tertiary/aromatic N) is 1. The molecule has 9 heteroatoms. The maximum atomic E-state index is 13.0. The largest absolute Gasteiger partial charge is 0.506 e. The van der Waals surface area contributed by atoms with Crippen LogP contribution < -0.4 is 15.9 Å². The summed E-state index contributed by atoms with van der Waals surface area (Å²) in [6, 6.07) is 14.5. The second-order valence-corrected chi connectivity index (χ2v) is 9.46. The monoisotopic (exact) mass is 452 g/mol. The van der Waals surface area contributed by atoms with Gasteiger partial charge in [0.05, 0.1) is 16.8 Å². The molecule has 0 radical (unpaired) electrons. The van der Waals surface area contributed by atoms with E-state index in [0.717, 1.165) is 25.7 Å². The number of hydrogen-bond donors (Lipinski definition) is 4. The van der Waals surface area contributed by atoms with Crippen LogP contribution in [0.25, 0.3) is 10.8 Å². The maximum absolute atomic E-state index is 13.0. The lowest BCUT2D eigenvalue weighted by Crippen LogP contribution is -2.32. The Bertz CT molecular complexity index is 1300. The minimum absolute atomic E-state index is 0.0239. The van der Waals surface area contributed by atoms with Crippen LogP contribution in [0.15, 0.2) is 64.6 Å². The number of rotatable bonds is 6. The van der Waals surface area contributed by atoms with E-state index in [4.69, 9.17) is 5.73 Å². The fourth-order valence-corrected chi connectivity index (χ4v) is 5.41. The average molecular weight is 453 g/mol. The molecule has 0 spiro atoms. The Kier molecular flexibility index (Phi) is 6.11. The number of carbonyl (C=O) groups is 1. The molecule has 1 amide bonds. The number of phenols is 1. The Morgan fingerprint density at radius 3 is 2.50 bits per heavy atom. The number of nitrogens with two attached hydrogens (primary N) is 1. The molecular weight excluding hydrogens is 428 g/mol. The van der Waals surface area contributed by atoms with Gasteiger partial charge in [-0.1, -0.05) is 43.2 Å². The quantitative estimate of drug-likeness (QED) is 0.197. The van der Waals surface area contributed by atoms with Gasteiger partial charge in [-0.15, -0.1) is 0 Å². The van der Waals surface area contributed by atoms with Crippen molar-refractivity contribution in [3.8, 4) is 5.75 Å². The van der Waals surface area contributed by atoms with E-state index in [0.29, 0.717) is 16.3 Å². The maximum Gasteiger partial charge on any atom is 0.271 e. The van der Waals surface area contributed by atoms with E-state index in [1.54, 1.807) is 24.3 Å². The van der Waals surface area contributed by atoms with Crippen molar-refractivity contribution in [3.05, 3.63) is 65.7 Å². The highest BCUT2D eigenvalue weighted by molar-refractivity contribution is 7.89. The summed E-state index contributed by atoms with van der Waals surface area (Å²) in [4.78, 5) is 12.5. The zero-order valence-corrected chi connectivity index (χ0v) is 18.1. The molecule has 0 unspecified atom stereocenters. The first-order valence-electron chi connectivity index (χ1n) is 10.3. The average Bonchev–Trinajstić information content (AvgIpc) is 3.27. The Balaban J connectivity index is 1.58. The van der Waals surface area contributed by atoms with Crippen molar-refractivity contribution < 1.29 is 18.3 Å². The molecule has 0 bridgehead atoms. The summed E-state index contributed by atoms with van der Waals surface area (Å²) in [5.41, 5.74) is 9.04. The number of anilines is 1. The topological polar surface area (TPSA) is 134 Å². The van der Waals surface area contributed by atoms with Crippen LogP contribution in [0, 0.1) is 0 Å². The van der Waals surface area contributed by atoms with Crippen LogP contribution >= 0.6 is 0 Å². The van der Waals surface area contributed by atoms with Gasteiger partial charge in [0.15, 0.2) is 0 Å². The molecule has 1 saturated carbocycles. The number of hydrazone groups is 1. The molecule has 0 atom stereocenters. The van der Waals surface area contributed by atoms with Crippen molar-refractivity contribution in [1.29, 1.82) is 0 Å². The zero-order valence-electron chi connectivity index (χ0n) is 17.3. The third kappa shape index (κ3) is 4.58. The molecule has 3 aromatic rings. The molecular formula is C23H24N4O4S. The molecule has 0 aromatic heterocycles. The van der Waals surface area contributed by atoms with Crippen LogP contribution in [-0.4, -0.2) is 31.7 Å². The van der Waals surface area contributed by atoms with E-state index in [1.807, 2.05) is 12.1 Å². The van der Waals surface area contributed by atoms with Gasteiger partial charge in [0.2, 0.25) is 10.0 Å². The number of carbonyl (C=O) groups excluding carboxylic acids is 1. The lowest BCUT2D eigenvalue weighted by atomic mass is 10.1. The number of benzene rings is 3. The highest BCUT2D eigenvalue weighted by atomic mass is 32.2. The van der Waals surface area contributed by atoms with E-state index in [9.17, 15) is 18.3 Å². The van der Waals surface area contributed by atoms with Crippen molar-refractivity contribution >= 4 is 38.6 Å². The first kappa shape index (κ1) is 21.8. The second kappa shape index (κ2) is 8.97. The third-order valence-electron chi connectivity index (χ3n) is 5.54. The molecule has 4 rings (SSSR count). The molecule has 0 heterocycles. The number of fused-ring (bicyclic) bond motifs is 1. The summed E-state index contributed by atoms with van der Waals surface area (Å²) in [5, 5.41) is 14.8. The minimum Gasteiger partial charge on any atom is -0.506 e. The molecule has 1 fully saturated rings. The molecule has 8 nitrogen and oxygen atoms in total. The summed E-state index contributed by atoms with van der Waals surface area (Å²) in [6.45, 7) is 0. The van der Waals surface area contributed by atoms with Crippen LogP contribution in [0.1, 0.15) is 41.6 Å². The molecule has 166 valence electrons. The van der Waals surface area contributed by atoms with Crippen molar-refractivity contribution in [1.82, 2.24) is 10.1 Å². The van der Waals surface area contributed by atoms with Crippen molar-refractivity contribution in [2.45, 2.75) is 36.6 Å². The lowest BCUT2D eigenvalue weighted by Gasteiger charge is -2.15. The van der Waals surface area contributed by atoms with Gasteiger partial charge in [0, 0.05) is 22.6 Å². The van der Waals surface area contributed by atoms with Gasteiger partial charge in [0.25, 0.3) is 5.91 Å². The minimum atomic E-state index is -3.66. The number of aromatic hydroxyl groups is 1. The number of amides is 1. The summed E-state index contributed by atoms with van der Waals surface area (Å²) in [5.74, 6) is -0.591. The number of hydrogen-bond acceptors (Lipinski definition) is 6. The number of nitrogen functional groups attached to an aromatic ring is 1. The normalized spacial score (nSPS) is 14.9. The number of phenolic OH excluding ortho intramolecular Hbond substituents is 1. The first-order valence-corrected chi connectivity index (χ1v) is 11.8. The predicted octanol–water partition coefficient (Wildman–Crippen LogP) is 3.11. The lowest BCUT2D eigenvalue weighted by molar-refractivity contribution is 0.0955. The molecule has 0 aliphatic heterocycles. The highest BCUT2D eigenvalue weighted by Crippen LogP contribution is 2.27. The van der Waals surface area contributed by atoms with Gasteiger partial charge < -0.3 is 10.8 Å². The molecule has 32 heavy (non-hydrogen) atoms. The van der Waals surface area contributed by atoms with Crippen LogP contribution in [-0.2, 0) is 10.0 Å². The van der Waals surface area contributed by atoms with E-state index >= 15 is 0 Å². The smallest absolute Gasteiger partial charge is 0.271 e. The van der Waals surface area contributed by atoms with E-state index < -0.39 is 15.9 Å². The fraction of sp³-hybridized carbons (Fsp3) is 0.217. The van der Waals surface area contributed by atoms with Gasteiger partial charge in [0.1, 0.15) is 5.75 Å². The molecule has 5 N–H and O–H groups in total. The van der Waals surface area contributed by atoms with Crippen molar-refractivity contribution in [2.75, 3.05) is 5.73 Å². The predicted molar refractivity (Wildman–Crippen MR) is 124 cm³/mol. The first-order chi connectivity index (χ1) is 15.3. The van der Waals surface area contributed by atoms with Crippen LogP contribution in [0.5, 0.6) is 5.75 Å². The highest BCUT2D eigenvalue weighted by Gasteiger charge is 2.24. The van der Waals surface area contributed by atoms with Gasteiger partial charge >= 0.3 is 0 Å². The molecule has 1 aliphatic rings. The molecule has 0 saturated heterocycles. The van der Waals surface area contributed by atoms with Gasteiger partial charge in [-0.3, -0.25) is 4.79 Å². The van der Waals surface area contributed by atoms with Crippen molar-refractivity contribution in [3.63, 3.8) is 0 Å². The number of sulfonamides is 1. The third-order valence-corrected chi connectivity index (χ3v) is 7.12. The summed E-state index contributed by atoms with van der Waals surface area (Å²) in [6.07, 6.45) is 5.24. The number of nitrogens with one attached hydrogen (secondary N) is 2. The standard InChI is InChI=1S/C23H24N4O4S/c24-20-13-15(9-11-21(20)28)23(29)26-25-14-16-10-12-22(19-8-4-3-7-18(16)19)32(30,31)27-17-5-1-2-6-17/h3-4,7-14,17,27-28H,1-2,5-6,24H2,(H,26,29)/b25-14+. The summed E-state index contributed by atoms with van der Waals surface area (Å²) < 4.78 is 28.8. The Morgan fingerprint density at radius 2 is 1.78 bits per heavy atom. The summed E-state index contributed by atoms with van der Waals surface area (Å²) >= 11 is 0. The fourth-order valence-electron chi connectivity index (χ4n) is 3.89. The molecule has 1 aliphatic carbocycles. The van der Waals surface area contributed by atoms with E-state index in [-0.39, 0.29) is 27.9 Å². The van der Waals surface area contributed by atoms with E-state index in [2.05, 4.69) is 15.2 Å².